The van der Waals surface area contributed by atoms with Crippen LogP contribution in [0.5, 0.6) is 0 Å². The zero-order valence-electron chi connectivity index (χ0n) is 9.11. The van der Waals surface area contributed by atoms with Crippen molar-refractivity contribution in [2.45, 2.75) is 26.2 Å². The number of unbranched alkanes of at least 4 members (excludes halogenated alkanes) is 2. The minimum atomic E-state index is 0.0600. The Bertz CT molecular complexity index is 297. The van der Waals surface area contributed by atoms with E-state index in [9.17, 15) is 0 Å². The lowest BCUT2D eigenvalue weighted by molar-refractivity contribution is 0.717. The Balaban J connectivity index is 2.62. The van der Waals surface area contributed by atoms with E-state index in [4.69, 9.17) is 11.1 Å². The van der Waals surface area contributed by atoms with Crippen molar-refractivity contribution < 1.29 is 0 Å². The number of guanidine groups is 1. The van der Waals surface area contributed by atoms with Gasteiger partial charge in [-0.2, -0.15) is 0 Å². The van der Waals surface area contributed by atoms with E-state index >= 15 is 0 Å². The molecule has 4 heteroatoms. The van der Waals surface area contributed by atoms with Gasteiger partial charge in [-0.05, 0) is 18.6 Å². The zero-order valence-corrected chi connectivity index (χ0v) is 9.11. The largest absolute Gasteiger partial charge is 0.370 e. The van der Waals surface area contributed by atoms with E-state index in [2.05, 4.69) is 11.9 Å². The van der Waals surface area contributed by atoms with E-state index in [1.54, 1.807) is 11.1 Å². The molecule has 1 aromatic heterocycles. The van der Waals surface area contributed by atoms with E-state index in [1.165, 1.54) is 0 Å². The number of anilines is 1. The van der Waals surface area contributed by atoms with Crippen LogP contribution in [-0.4, -0.2) is 17.5 Å². The Hall–Kier alpha value is -1.58. The Morgan fingerprint density at radius 2 is 2.27 bits per heavy atom. The highest BCUT2D eigenvalue weighted by Gasteiger charge is 2.08. The lowest BCUT2D eigenvalue weighted by Gasteiger charge is -2.21. The van der Waals surface area contributed by atoms with Gasteiger partial charge in [-0.3, -0.25) is 10.3 Å². The molecule has 0 aromatic carbocycles. The molecule has 0 radical (unpaired) electrons. The topological polar surface area (TPSA) is 66.0 Å². The number of nitrogens with one attached hydrogen (secondary N) is 1. The zero-order chi connectivity index (χ0) is 11.1. The fourth-order valence-corrected chi connectivity index (χ4v) is 1.39. The molecule has 0 bridgehead atoms. The molecule has 0 saturated carbocycles. The monoisotopic (exact) mass is 206 g/mol. The summed E-state index contributed by atoms with van der Waals surface area (Å²) in [4.78, 5) is 5.92. The fraction of sp³-hybridized carbons (Fsp3) is 0.455. The van der Waals surface area contributed by atoms with Crippen LogP contribution in [0.15, 0.2) is 24.4 Å². The quantitative estimate of drug-likeness (QED) is 0.440. The first-order valence-corrected chi connectivity index (χ1v) is 5.28. The normalized spacial score (nSPS) is 9.93. The maximum Gasteiger partial charge on any atom is 0.194 e. The van der Waals surface area contributed by atoms with Gasteiger partial charge in [0.2, 0.25) is 0 Å². The van der Waals surface area contributed by atoms with Crippen molar-refractivity contribution in [1.82, 2.24) is 4.98 Å². The summed E-state index contributed by atoms with van der Waals surface area (Å²) in [5, 5.41) is 7.49. The van der Waals surface area contributed by atoms with Crippen molar-refractivity contribution in [2.24, 2.45) is 5.73 Å². The second kappa shape index (κ2) is 6.01. The van der Waals surface area contributed by atoms with Crippen molar-refractivity contribution >= 4 is 11.8 Å². The molecule has 0 aliphatic carbocycles. The van der Waals surface area contributed by atoms with Crippen LogP contribution < -0.4 is 10.6 Å². The highest BCUT2D eigenvalue weighted by atomic mass is 15.3. The molecule has 1 aromatic rings. The number of aromatic nitrogens is 1. The number of nitrogens with two attached hydrogens (primary N) is 1. The summed E-state index contributed by atoms with van der Waals surface area (Å²) in [6.45, 7) is 2.92. The van der Waals surface area contributed by atoms with Gasteiger partial charge in [-0.25, -0.2) is 4.98 Å². The molecule has 4 nitrogen and oxygen atoms in total. The van der Waals surface area contributed by atoms with Crippen LogP contribution in [-0.2, 0) is 0 Å². The molecule has 0 saturated heterocycles. The molecule has 0 unspecified atom stereocenters. The predicted octanol–water partition coefficient (Wildman–Crippen LogP) is 1.97. The van der Waals surface area contributed by atoms with Gasteiger partial charge in [0.15, 0.2) is 5.96 Å². The van der Waals surface area contributed by atoms with E-state index in [1.807, 2.05) is 18.2 Å². The first kappa shape index (κ1) is 11.5. The summed E-state index contributed by atoms with van der Waals surface area (Å²) in [5.74, 6) is 0.811. The maximum atomic E-state index is 7.49. The van der Waals surface area contributed by atoms with Gasteiger partial charge in [0.1, 0.15) is 5.82 Å². The average Bonchev–Trinajstić information content (AvgIpc) is 2.25. The molecule has 0 fully saturated rings. The minimum absolute atomic E-state index is 0.0600. The van der Waals surface area contributed by atoms with Crippen LogP contribution in [0.4, 0.5) is 5.82 Å². The van der Waals surface area contributed by atoms with Crippen LogP contribution in [0, 0.1) is 5.41 Å². The van der Waals surface area contributed by atoms with E-state index < -0.39 is 0 Å². The summed E-state index contributed by atoms with van der Waals surface area (Å²) < 4.78 is 0. The molecular formula is C11H18N4. The Labute approximate surface area is 90.6 Å². The van der Waals surface area contributed by atoms with Gasteiger partial charge in [-0.15, -0.1) is 0 Å². The number of nitrogens with zero attached hydrogens (tertiary/aromatic N) is 2. The first-order chi connectivity index (χ1) is 7.25. The van der Waals surface area contributed by atoms with Crippen LogP contribution in [0.25, 0.3) is 0 Å². The maximum absolute atomic E-state index is 7.49. The molecule has 1 rings (SSSR count). The lowest BCUT2D eigenvalue weighted by atomic mass is 10.2. The highest BCUT2D eigenvalue weighted by molar-refractivity contribution is 5.91. The Kier molecular flexibility index (Phi) is 4.60. The number of hydrogen-bond donors (Lipinski definition) is 2. The van der Waals surface area contributed by atoms with Crippen molar-refractivity contribution in [1.29, 1.82) is 5.41 Å². The number of pyridine rings is 1. The SMILES string of the molecule is CCCCCN(C(=N)N)c1ccccn1. The van der Waals surface area contributed by atoms with Crippen LogP contribution in [0.2, 0.25) is 0 Å². The molecule has 0 atom stereocenters. The molecule has 0 aliphatic rings. The molecule has 82 valence electrons. The second-order valence-electron chi connectivity index (χ2n) is 3.43. The predicted molar refractivity (Wildman–Crippen MR) is 63.0 cm³/mol. The van der Waals surface area contributed by atoms with Crippen molar-refractivity contribution in [3.05, 3.63) is 24.4 Å². The van der Waals surface area contributed by atoms with Crippen LogP contribution in [0.1, 0.15) is 26.2 Å². The van der Waals surface area contributed by atoms with Gasteiger partial charge in [0.05, 0.1) is 0 Å². The summed E-state index contributed by atoms with van der Waals surface area (Å²) >= 11 is 0. The average molecular weight is 206 g/mol. The Morgan fingerprint density at radius 1 is 1.47 bits per heavy atom. The first-order valence-electron chi connectivity index (χ1n) is 5.28. The molecule has 3 N–H and O–H groups in total. The van der Waals surface area contributed by atoms with Crippen LogP contribution >= 0.6 is 0 Å². The summed E-state index contributed by atoms with van der Waals surface area (Å²) in [7, 11) is 0. The Morgan fingerprint density at radius 3 is 2.80 bits per heavy atom. The fourth-order valence-electron chi connectivity index (χ4n) is 1.39. The summed E-state index contributed by atoms with van der Waals surface area (Å²) in [6.07, 6.45) is 5.06. The van der Waals surface area contributed by atoms with Crippen molar-refractivity contribution in [3.63, 3.8) is 0 Å². The molecule has 0 spiro atoms. The number of rotatable bonds is 5. The van der Waals surface area contributed by atoms with E-state index in [-0.39, 0.29) is 5.96 Å². The van der Waals surface area contributed by atoms with Gasteiger partial charge in [0, 0.05) is 12.7 Å². The minimum Gasteiger partial charge on any atom is -0.370 e. The van der Waals surface area contributed by atoms with E-state index in [0.717, 1.165) is 31.6 Å². The molecular weight excluding hydrogens is 188 g/mol. The smallest absolute Gasteiger partial charge is 0.194 e. The number of hydrogen-bond acceptors (Lipinski definition) is 2. The highest BCUT2D eigenvalue weighted by Crippen LogP contribution is 2.09. The van der Waals surface area contributed by atoms with Crippen molar-refractivity contribution in [2.75, 3.05) is 11.4 Å². The second-order valence-corrected chi connectivity index (χ2v) is 3.43. The van der Waals surface area contributed by atoms with Gasteiger partial charge in [-0.1, -0.05) is 25.8 Å². The van der Waals surface area contributed by atoms with Gasteiger partial charge < -0.3 is 5.73 Å². The lowest BCUT2D eigenvalue weighted by Crippen LogP contribution is -2.37. The van der Waals surface area contributed by atoms with E-state index in [0.29, 0.717) is 0 Å². The molecule has 1 heterocycles. The van der Waals surface area contributed by atoms with Gasteiger partial charge in [0.25, 0.3) is 0 Å². The summed E-state index contributed by atoms with van der Waals surface area (Å²) in [6, 6.07) is 5.62. The third-order valence-electron chi connectivity index (χ3n) is 2.20. The van der Waals surface area contributed by atoms with Gasteiger partial charge >= 0.3 is 0 Å². The molecule has 0 aliphatic heterocycles. The van der Waals surface area contributed by atoms with Crippen LogP contribution in [0.3, 0.4) is 0 Å². The third kappa shape index (κ3) is 3.58. The standard InChI is InChI=1S/C11H18N4/c1-2-3-6-9-15(11(12)13)10-7-4-5-8-14-10/h4-5,7-8H,2-3,6,9H2,1H3,(H3,12,13). The molecule has 15 heavy (non-hydrogen) atoms. The van der Waals surface area contributed by atoms with Crippen molar-refractivity contribution in [3.8, 4) is 0 Å². The third-order valence-corrected chi connectivity index (χ3v) is 2.20. The molecule has 0 amide bonds. The summed E-state index contributed by atoms with van der Waals surface area (Å²) in [5.41, 5.74) is 5.52.